The van der Waals surface area contributed by atoms with Gasteiger partial charge < -0.3 is 5.32 Å². The molecule has 0 unspecified atom stereocenters. The number of hydrogen-bond acceptors (Lipinski definition) is 3. The molecule has 0 aliphatic heterocycles. The van der Waals surface area contributed by atoms with Crippen LogP contribution in [-0.4, -0.2) is 26.8 Å². The number of halogens is 2. The summed E-state index contributed by atoms with van der Waals surface area (Å²) in [6, 6.07) is 11.3. The van der Waals surface area contributed by atoms with Crippen LogP contribution in [0.2, 0.25) is 5.02 Å². The van der Waals surface area contributed by atoms with E-state index >= 15 is 0 Å². The van der Waals surface area contributed by atoms with Crippen molar-refractivity contribution in [2.75, 3.05) is 14.1 Å². The van der Waals surface area contributed by atoms with Crippen LogP contribution in [0.3, 0.4) is 0 Å². The predicted molar refractivity (Wildman–Crippen MR) is 89.3 cm³/mol. The van der Waals surface area contributed by atoms with Crippen LogP contribution in [0.15, 0.2) is 47.4 Å². The average Bonchev–Trinajstić information content (AvgIpc) is 2.51. The minimum Gasteiger partial charge on any atom is -0.309 e. The van der Waals surface area contributed by atoms with E-state index in [9.17, 15) is 12.8 Å². The average molecular weight is 357 g/mol. The zero-order valence-electron chi connectivity index (χ0n) is 12.9. The fourth-order valence-electron chi connectivity index (χ4n) is 1.99. The minimum atomic E-state index is -3.41. The number of benzene rings is 2. The molecule has 7 heteroatoms. The van der Waals surface area contributed by atoms with Crippen LogP contribution >= 0.6 is 11.6 Å². The normalized spacial score (nSPS) is 11.9. The van der Waals surface area contributed by atoms with Gasteiger partial charge in [0.05, 0.1) is 9.92 Å². The predicted octanol–water partition coefficient (Wildman–Crippen LogP) is 3.02. The van der Waals surface area contributed by atoms with Gasteiger partial charge in [-0.05, 0) is 35.4 Å². The van der Waals surface area contributed by atoms with Crippen LogP contribution in [-0.2, 0) is 23.1 Å². The Hall–Kier alpha value is -1.47. The molecule has 2 aromatic rings. The molecule has 0 spiro atoms. The van der Waals surface area contributed by atoms with Gasteiger partial charge in [0.1, 0.15) is 5.82 Å². The fourth-order valence-corrected chi connectivity index (χ4v) is 3.01. The molecular weight excluding hydrogens is 339 g/mol. The lowest BCUT2D eigenvalue weighted by Gasteiger charge is -2.12. The quantitative estimate of drug-likeness (QED) is 0.865. The van der Waals surface area contributed by atoms with Crippen molar-refractivity contribution >= 4 is 21.6 Å². The molecule has 0 aliphatic carbocycles. The molecule has 2 rings (SSSR count). The first-order valence-corrected chi connectivity index (χ1v) is 8.78. The summed E-state index contributed by atoms with van der Waals surface area (Å²) in [4.78, 5) is 0.256. The lowest BCUT2D eigenvalue weighted by Crippen LogP contribution is -2.22. The fraction of sp³-hybridized carbons (Fsp3) is 0.250. The van der Waals surface area contributed by atoms with Gasteiger partial charge in [-0.3, -0.25) is 0 Å². The molecule has 0 amide bonds. The maximum Gasteiger partial charge on any atom is 0.242 e. The van der Waals surface area contributed by atoms with Crippen LogP contribution in [0.25, 0.3) is 0 Å². The van der Waals surface area contributed by atoms with Crippen molar-refractivity contribution in [3.8, 4) is 0 Å². The maximum atomic E-state index is 13.3. The highest BCUT2D eigenvalue weighted by atomic mass is 35.5. The molecule has 0 bridgehead atoms. The highest BCUT2D eigenvalue weighted by Gasteiger charge is 2.16. The standard InChI is InChI=1S/C16H18ClFN2O2S/c1-20(2)23(21,22)14-6-3-12(4-7-14)10-19-11-13-5-8-15(17)16(18)9-13/h3-9,19H,10-11H2,1-2H3. The summed E-state index contributed by atoms with van der Waals surface area (Å²) in [7, 11) is -0.415. The van der Waals surface area contributed by atoms with E-state index in [1.807, 2.05) is 0 Å². The molecule has 0 atom stereocenters. The molecule has 23 heavy (non-hydrogen) atoms. The molecule has 0 fully saturated rings. The second-order valence-electron chi connectivity index (χ2n) is 5.28. The van der Waals surface area contributed by atoms with E-state index in [2.05, 4.69) is 5.32 Å². The summed E-state index contributed by atoms with van der Waals surface area (Å²) in [6.45, 7) is 1.04. The molecule has 0 aliphatic rings. The largest absolute Gasteiger partial charge is 0.309 e. The molecule has 0 radical (unpaired) electrons. The third-order valence-corrected chi connectivity index (χ3v) is 5.48. The summed E-state index contributed by atoms with van der Waals surface area (Å²) >= 11 is 5.64. The van der Waals surface area contributed by atoms with Gasteiger partial charge in [-0.25, -0.2) is 17.1 Å². The van der Waals surface area contributed by atoms with Gasteiger partial charge in [0, 0.05) is 27.2 Å². The Kier molecular flexibility index (Phi) is 5.75. The number of sulfonamides is 1. The van der Waals surface area contributed by atoms with Crippen molar-refractivity contribution in [1.82, 2.24) is 9.62 Å². The Balaban J connectivity index is 1.95. The first-order chi connectivity index (χ1) is 10.8. The summed E-state index contributed by atoms with van der Waals surface area (Å²) in [5.74, 6) is -0.441. The minimum absolute atomic E-state index is 0.103. The number of nitrogens with one attached hydrogen (secondary N) is 1. The number of nitrogens with zero attached hydrogens (tertiary/aromatic N) is 1. The third kappa shape index (κ3) is 4.51. The van der Waals surface area contributed by atoms with E-state index in [1.54, 1.807) is 30.3 Å². The van der Waals surface area contributed by atoms with Crippen LogP contribution < -0.4 is 5.32 Å². The van der Waals surface area contributed by atoms with Gasteiger partial charge in [-0.1, -0.05) is 29.8 Å². The first kappa shape index (κ1) is 17.9. The summed E-state index contributed by atoms with van der Waals surface area (Å²) < 4.78 is 38.4. The monoisotopic (exact) mass is 356 g/mol. The van der Waals surface area contributed by atoms with Crippen molar-refractivity contribution in [2.45, 2.75) is 18.0 Å². The Morgan fingerprint density at radius 3 is 2.17 bits per heavy atom. The van der Waals surface area contributed by atoms with Gasteiger partial charge in [0.15, 0.2) is 0 Å². The van der Waals surface area contributed by atoms with E-state index in [4.69, 9.17) is 11.6 Å². The smallest absolute Gasteiger partial charge is 0.242 e. The topological polar surface area (TPSA) is 49.4 Å². The van der Waals surface area contributed by atoms with Crippen LogP contribution in [0.4, 0.5) is 4.39 Å². The third-order valence-electron chi connectivity index (χ3n) is 3.34. The molecule has 0 saturated heterocycles. The van der Waals surface area contributed by atoms with Gasteiger partial charge in [-0.2, -0.15) is 0 Å². The molecule has 4 nitrogen and oxygen atoms in total. The SMILES string of the molecule is CN(C)S(=O)(=O)c1ccc(CNCc2ccc(Cl)c(F)c2)cc1. The zero-order chi connectivity index (χ0) is 17.0. The summed E-state index contributed by atoms with van der Waals surface area (Å²) in [5.41, 5.74) is 1.73. The van der Waals surface area contributed by atoms with Gasteiger partial charge in [0.2, 0.25) is 10.0 Å². The van der Waals surface area contributed by atoms with E-state index in [-0.39, 0.29) is 9.92 Å². The van der Waals surface area contributed by atoms with Gasteiger partial charge in [-0.15, -0.1) is 0 Å². The Bertz CT molecular complexity index is 777. The van der Waals surface area contributed by atoms with Gasteiger partial charge in [0.25, 0.3) is 0 Å². The van der Waals surface area contributed by atoms with E-state index in [0.717, 1.165) is 11.1 Å². The molecule has 0 saturated carbocycles. The molecular formula is C16H18ClFN2O2S. The van der Waals surface area contributed by atoms with Crippen molar-refractivity contribution in [1.29, 1.82) is 0 Å². The Morgan fingerprint density at radius 2 is 1.61 bits per heavy atom. The molecule has 1 N–H and O–H groups in total. The Labute approximate surface area is 140 Å². The summed E-state index contributed by atoms with van der Waals surface area (Å²) in [5, 5.41) is 3.28. The van der Waals surface area contributed by atoms with Crippen LogP contribution in [0.5, 0.6) is 0 Å². The second kappa shape index (κ2) is 7.40. The van der Waals surface area contributed by atoms with E-state index in [0.29, 0.717) is 13.1 Å². The van der Waals surface area contributed by atoms with Crippen molar-refractivity contribution < 1.29 is 12.8 Å². The maximum absolute atomic E-state index is 13.3. The zero-order valence-corrected chi connectivity index (χ0v) is 14.5. The van der Waals surface area contributed by atoms with Crippen LogP contribution in [0.1, 0.15) is 11.1 Å². The first-order valence-electron chi connectivity index (χ1n) is 6.97. The number of rotatable bonds is 6. The second-order valence-corrected chi connectivity index (χ2v) is 7.84. The van der Waals surface area contributed by atoms with Crippen molar-refractivity contribution in [3.63, 3.8) is 0 Å². The van der Waals surface area contributed by atoms with Crippen molar-refractivity contribution in [3.05, 3.63) is 64.4 Å². The van der Waals surface area contributed by atoms with Crippen LogP contribution in [0, 0.1) is 5.82 Å². The molecule has 0 heterocycles. The lowest BCUT2D eigenvalue weighted by atomic mass is 10.2. The Morgan fingerprint density at radius 1 is 1.04 bits per heavy atom. The number of hydrogen-bond donors (Lipinski definition) is 1. The molecule has 124 valence electrons. The lowest BCUT2D eigenvalue weighted by molar-refractivity contribution is 0.520. The highest BCUT2D eigenvalue weighted by Crippen LogP contribution is 2.16. The van der Waals surface area contributed by atoms with E-state index in [1.165, 1.54) is 30.5 Å². The van der Waals surface area contributed by atoms with E-state index < -0.39 is 15.8 Å². The molecule has 2 aromatic carbocycles. The summed E-state index contributed by atoms with van der Waals surface area (Å²) in [6.07, 6.45) is 0. The van der Waals surface area contributed by atoms with Gasteiger partial charge >= 0.3 is 0 Å². The molecule has 0 aromatic heterocycles. The van der Waals surface area contributed by atoms with Crippen molar-refractivity contribution in [2.24, 2.45) is 0 Å². The highest BCUT2D eigenvalue weighted by molar-refractivity contribution is 7.89.